The number of aliphatic hydroxyl groups is 1. The lowest BCUT2D eigenvalue weighted by Crippen LogP contribution is -2.70. The van der Waals surface area contributed by atoms with Crippen LogP contribution in [0.5, 0.6) is 0 Å². The number of aliphatic carboxylic acids is 1. The monoisotopic (exact) mass is 519 g/mol. The number of H-pyrrole nitrogens is 1. The third kappa shape index (κ3) is 4.90. The molecule has 4 N–H and O–H groups in total. The number of ether oxygens (including phenoxy) is 1. The van der Waals surface area contributed by atoms with E-state index in [0.717, 1.165) is 16.7 Å². The number of fused-ring (bicyclic) bond motifs is 1. The number of nitrogens with one attached hydrogen (secondary N) is 2. The van der Waals surface area contributed by atoms with Gasteiger partial charge in [0.1, 0.15) is 17.1 Å². The summed E-state index contributed by atoms with van der Waals surface area (Å²) in [5.41, 5.74) is 0.673. The highest BCUT2D eigenvalue weighted by molar-refractivity contribution is 8.01. The van der Waals surface area contributed by atoms with E-state index >= 15 is 0 Å². The number of benzene rings is 1. The molecule has 1 saturated heterocycles. The number of carboxylic acid groups (broad SMARTS) is 1. The Balaban J connectivity index is 1.45. The lowest BCUT2D eigenvalue weighted by atomic mass is 10.0. The van der Waals surface area contributed by atoms with Crippen LogP contribution in [0.2, 0.25) is 0 Å². The maximum Gasteiger partial charge on any atom is 0.361 e. The molecule has 14 heteroatoms. The molecule has 2 aliphatic heterocycles. The van der Waals surface area contributed by atoms with E-state index in [1.165, 1.54) is 11.8 Å². The highest BCUT2D eigenvalue weighted by Gasteiger charge is 2.54. The second-order valence-electron chi connectivity index (χ2n) is 7.45. The quantitative estimate of drug-likeness (QED) is 0.207. The summed E-state index contributed by atoms with van der Waals surface area (Å²) in [6.07, 6.45) is -1.45. The maximum atomic E-state index is 12.8. The number of aromatic nitrogens is 3. The summed E-state index contributed by atoms with van der Waals surface area (Å²) in [6.45, 7) is 1.83. The van der Waals surface area contributed by atoms with E-state index < -0.39 is 41.3 Å². The van der Waals surface area contributed by atoms with Crippen molar-refractivity contribution in [2.24, 2.45) is 0 Å². The fourth-order valence-electron chi connectivity index (χ4n) is 3.62. The minimum Gasteiger partial charge on any atom is -0.477 e. The molecule has 184 valence electrons. The van der Waals surface area contributed by atoms with Crippen molar-refractivity contribution in [3.63, 3.8) is 0 Å². The molecule has 0 bridgehead atoms. The third-order valence-electron chi connectivity index (χ3n) is 5.28. The first kappa shape index (κ1) is 24.8. The molecule has 3 heterocycles. The van der Waals surface area contributed by atoms with Gasteiger partial charge in [0, 0.05) is 11.5 Å². The Morgan fingerprint density at radius 1 is 1.31 bits per heavy atom. The van der Waals surface area contributed by atoms with Gasteiger partial charge in [-0.2, -0.15) is 5.21 Å². The molecule has 2 aliphatic rings. The van der Waals surface area contributed by atoms with Crippen LogP contribution < -0.4 is 5.32 Å². The van der Waals surface area contributed by atoms with Crippen LogP contribution in [0.1, 0.15) is 29.1 Å². The summed E-state index contributed by atoms with van der Waals surface area (Å²) in [4.78, 5) is 50.5. The Kier molecular flexibility index (Phi) is 7.42. The van der Waals surface area contributed by atoms with Crippen LogP contribution in [-0.2, 0) is 19.1 Å². The van der Waals surface area contributed by atoms with Crippen LogP contribution in [0.25, 0.3) is 0 Å². The molecular formula is C21H21N5O7S2. The molecule has 0 radical (unpaired) electrons. The van der Waals surface area contributed by atoms with Crippen molar-refractivity contribution in [3.05, 3.63) is 52.9 Å². The van der Waals surface area contributed by atoms with Crippen LogP contribution in [0.3, 0.4) is 0 Å². The molecule has 4 rings (SSSR count). The molecule has 35 heavy (non-hydrogen) atoms. The molecule has 1 fully saturated rings. The summed E-state index contributed by atoms with van der Waals surface area (Å²) in [7, 11) is 0. The average molecular weight is 520 g/mol. The van der Waals surface area contributed by atoms with Gasteiger partial charge in [-0.05, 0) is 18.1 Å². The number of carboxylic acids is 1. The number of aromatic amines is 1. The van der Waals surface area contributed by atoms with Crippen molar-refractivity contribution < 1.29 is 34.1 Å². The van der Waals surface area contributed by atoms with Crippen LogP contribution in [0.4, 0.5) is 0 Å². The van der Waals surface area contributed by atoms with Gasteiger partial charge in [0.05, 0.1) is 6.61 Å². The first-order valence-corrected chi connectivity index (χ1v) is 12.5. The summed E-state index contributed by atoms with van der Waals surface area (Å²) >= 11 is 2.39. The largest absolute Gasteiger partial charge is 0.477 e. The average Bonchev–Trinajstić information content (AvgIpc) is 3.34. The number of aliphatic hydroxyl groups excluding tert-OH is 1. The fraction of sp³-hybridized carbons (Fsp3) is 0.333. The number of carbonyl (C=O) groups excluding carboxylic acids is 3. The number of hydrogen-bond acceptors (Lipinski definition) is 10. The van der Waals surface area contributed by atoms with E-state index in [1.54, 1.807) is 37.3 Å². The number of esters is 1. The maximum absolute atomic E-state index is 12.8. The van der Waals surface area contributed by atoms with Crippen molar-refractivity contribution >= 4 is 47.3 Å². The molecule has 0 spiro atoms. The predicted molar refractivity (Wildman–Crippen MR) is 124 cm³/mol. The number of nitrogens with zero attached hydrogens (tertiary/aromatic N) is 3. The number of amides is 2. The van der Waals surface area contributed by atoms with E-state index in [9.17, 15) is 29.4 Å². The first-order chi connectivity index (χ1) is 16.8. The van der Waals surface area contributed by atoms with Crippen molar-refractivity contribution in [2.75, 3.05) is 18.1 Å². The SMILES string of the molecule is CCOC(=O)c1n[nH]nc1SCC1=C(C(=O)O)N2C(=O)C(NC(=O)[C@H](O)c3ccccc3)[C@H]2SC1. The Hall–Kier alpha value is -3.36. The van der Waals surface area contributed by atoms with Crippen molar-refractivity contribution in [1.29, 1.82) is 0 Å². The molecule has 2 aromatic rings. The zero-order chi connectivity index (χ0) is 25.1. The minimum atomic E-state index is -1.45. The van der Waals surface area contributed by atoms with Crippen LogP contribution >= 0.6 is 23.5 Å². The van der Waals surface area contributed by atoms with Gasteiger partial charge < -0.3 is 20.3 Å². The normalized spacial score (nSPS) is 20.1. The zero-order valence-electron chi connectivity index (χ0n) is 18.3. The summed E-state index contributed by atoms with van der Waals surface area (Å²) < 4.78 is 4.93. The van der Waals surface area contributed by atoms with Gasteiger partial charge in [0.15, 0.2) is 11.1 Å². The minimum absolute atomic E-state index is 0.00422. The van der Waals surface area contributed by atoms with E-state index in [-0.39, 0.29) is 34.5 Å². The molecule has 1 aromatic carbocycles. The Labute approximate surface area is 207 Å². The van der Waals surface area contributed by atoms with Gasteiger partial charge in [-0.1, -0.05) is 42.1 Å². The van der Waals surface area contributed by atoms with E-state index in [0.29, 0.717) is 11.1 Å². The van der Waals surface area contributed by atoms with Crippen molar-refractivity contribution in [2.45, 2.75) is 29.5 Å². The van der Waals surface area contributed by atoms with E-state index in [1.807, 2.05) is 0 Å². The Morgan fingerprint density at radius 3 is 2.74 bits per heavy atom. The predicted octanol–water partition coefficient (Wildman–Crippen LogP) is 0.546. The van der Waals surface area contributed by atoms with Crippen molar-refractivity contribution in [1.82, 2.24) is 25.6 Å². The topological polar surface area (TPSA) is 175 Å². The smallest absolute Gasteiger partial charge is 0.361 e. The molecule has 2 amide bonds. The van der Waals surface area contributed by atoms with Crippen LogP contribution in [0, 0.1) is 0 Å². The molecule has 3 atom stereocenters. The number of β-lactam (4-membered cyclic amide) rings is 1. The van der Waals surface area contributed by atoms with Gasteiger partial charge in [0.2, 0.25) is 5.69 Å². The summed E-state index contributed by atoms with van der Waals surface area (Å²) in [6, 6.07) is 7.32. The first-order valence-electron chi connectivity index (χ1n) is 10.5. The third-order valence-corrected chi connectivity index (χ3v) is 7.67. The second-order valence-corrected chi connectivity index (χ2v) is 9.52. The standard InChI is InChI=1S/C21H21N5O7S2/c1-2-33-21(32)12-17(24-25-23-12)34-8-11-9-35-19-13(18(29)26(19)14(11)20(30)31)22-16(28)15(27)10-6-4-3-5-7-10/h3-7,13,15,19,27H,2,8-9H2,1H3,(H,22,28)(H,30,31)(H,23,24,25)/t13?,15-,19-/m1/s1. The molecule has 0 saturated carbocycles. The van der Waals surface area contributed by atoms with E-state index in [4.69, 9.17) is 4.74 Å². The number of rotatable bonds is 9. The van der Waals surface area contributed by atoms with Crippen LogP contribution in [-0.4, -0.2) is 83.8 Å². The molecule has 1 unspecified atom stereocenters. The highest BCUT2D eigenvalue weighted by Crippen LogP contribution is 2.41. The lowest BCUT2D eigenvalue weighted by molar-refractivity contribution is -0.151. The van der Waals surface area contributed by atoms with Gasteiger partial charge in [-0.3, -0.25) is 14.5 Å². The molecule has 0 aliphatic carbocycles. The fourth-order valence-corrected chi connectivity index (χ4v) is 6.02. The van der Waals surface area contributed by atoms with Crippen LogP contribution in [0.15, 0.2) is 46.6 Å². The summed E-state index contributed by atoms with van der Waals surface area (Å²) in [5.74, 6) is -2.82. The van der Waals surface area contributed by atoms with Gasteiger partial charge in [-0.15, -0.1) is 22.0 Å². The van der Waals surface area contributed by atoms with Gasteiger partial charge in [0.25, 0.3) is 11.8 Å². The summed E-state index contributed by atoms with van der Waals surface area (Å²) in [5, 5.41) is 32.3. The Bertz CT molecular complexity index is 1190. The molecular weight excluding hydrogens is 498 g/mol. The lowest BCUT2D eigenvalue weighted by Gasteiger charge is -2.49. The highest BCUT2D eigenvalue weighted by atomic mass is 32.2. The number of hydrogen-bond donors (Lipinski definition) is 4. The molecule has 12 nitrogen and oxygen atoms in total. The Morgan fingerprint density at radius 2 is 2.06 bits per heavy atom. The number of thioether (sulfide) groups is 2. The van der Waals surface area contributed by atoms with Gasteiger partial charge >= 0.3 is 11.9 Å². The zero-order valence-corrected chi connectivity index (χ0v) is 20.0. The van der Waals surface area contributed by atoms with Crippen molar-refractivity contribution in [3.8, 4) is 0 Å². The molecule has 1 aromatic heterocycles. The van der Waals surface area contributed by atoms with E-state index in [2.05, 4.69) is 20.7 Å². The second kappa shape index (κ2) is 10.5. The number of carbonyl (C=O) groups is 4. The van der Waals surface area contributed by atoms with Gasteiger partial charge in [-0.25, -0.2) is 9.59 Å².